The van der Waals surface area contributed by atoms with Crippen molar-refractivity contribution in [3.8, 4) is 0 Å². The first kappa shape index (κ1) is 38.5. The number of likely N-dealkylation sites (tertiary alicyclic amines) is 1. The summed E-state index contributed by atoms with van der Waals surface area (Å²) in [6.07, 6.45) is 13.0. The highest BCUT2D eigenvalue weighted by atomic mass is 16.2. The van der Waals surface area contributed by atoms with Gasteiger partial charge in [-0.25, -0.2) is 4.98 Å². The van der Waals surface area contributed by atoms with Gasteiger partial charge in [-0.15, -0.1) is 0 Å². The lowest BCUT2D eigenvalue weighted by molar-refractivity contribution is -0.146. The molecule has 1 aliphatic heterocycles. The Hall–Kier alpha value is -3.30. The monoisotopic (exact) mass is 678 g/mol. The van der Waals surface area contributed by atoms with Crippen LogP contribution in [0.5, 0.6) is 0 Å². The van der Waals surface area contributed by atoms with E-state index in [1.54, 1.807) is 4.90 Å². The van der Waals surface area contributed by atoms with Crippen LogP contribution >= 0.6 is 0 Å². The molecule has 5 atom stereocenters. The molecule has 2 aliphatic carbocycles. The smallest absolute Gasteiger partial charge is 0.246 e. The number of hydrogen-bond donors (Lipinski definition) is 1. The number of carbonyl (C=O) groups excluding carboxylic acids is 6. The molecule has 0 spiro atoms. The Kier molecular flexibility index (Phi) is 13.4. The lowest BCUT2D eigenvalue weighted by Gasteiger charge is -2.38. The lowest BCUT2D eigenvalue weighted by atomic mass is 9.76. The molecule has 0 radical (unpaired) electrons. The lowest BCUT2D eigenvalue weighted by Crippen LogP contribution is -2.58. The molecule has 2 amide bonds. The van der Waals surface area contributed by atoms with Crippen LogP contribution in [0.4, 0.5) is 0 Å². The van der Waals surface area contributed by atoms with Crippen LogP contribution < -0.4 is 5.32 Å². The van der Waals surface area contributed by atoms with E-state index in [0.29, 0.717) is 25.8 Å². The minimum Gasteiger partial charge on any atom is -0.344 e. The Morgan fingerprint density at radius 2 is 1.63 bits per heavy atom. The van der Waals surface area contributed by atoms with Gasteiger partial charge in [-0.05, 0) is 67.6 Å². The van der Waals surface area contributed by atoms with Crippen LogP contribution in [-0.2, 0) is 24.0 Å². The fourth-order valence-corrected chi connectivity index (χ4v) is 7.95. The Morgan fingerprint density at radius 1 is 0.939 bits per heavy atom. The van der Waals surface area contributed by atoms with Crippen molar-refractivity contribution in [3.05, 3.63) is 24.3 Å². The first-order valence-electron chi connectivity index (χ1n) is 18.7. The SMILES string of the molecule is CCC[C@H](CC(=O)[C@@H]1[C@@H](C(C)C)CCN1C(=O)[C@@H](NC(=O)[C@@H](CC(=O)c1cnccn1)C1CCCCC1)C(C)(C)C)C(=O)C(=O)CC1CC1. The van der Waals surface area contributed by atoms with Gasteiger partial charge in [-0.1, -0.05) is 67.2 Å². The molecule has 2 heterocycles. The predicted molar refractivity (Wildman–Crippen MR) is 186 cm³/mol. The van der Waals surface area contributed by atoms with Crippen LogP contribution in [0, 0.1) is 40.9 Å². The zero-order valence-electron chi connectivity index (χ0n) is 30.5. The van der Waals surface area contributed by atoms with Gasteiger partial charge in [0.05, 0.1) is 12.2 Å². The molecule has 1 aromatic rings. The van der Waals surface area contributed by atoms with Crippen LogP contribution in [0.25, 0.3) is 0 Å². The van der Waals surface area contributed by atoms with Crippen LogP contribution in [-0.4, -0.2) is 68.4 Å². The summed E-state index contributed by atoms with van der Waals surface area (Å²) in [6.45, 7) is 12.1. The molecule has 3 aliphatic rings. The molecular formula is C39H58N4O6. The van der Waals surface area contributed by atoms with E-state index in [2.05, 4.69) is 15.3 Å². The first-order chi connectivity index (χ1) is 23.2. The van der Waals surface area contributed by atoms with Crippen molar-refractivity contribution in [2.45, 2.75) is 137 Å². The second-order valence-corrected chi connectivity index (χ2v) is 16.3. The molecule has 0 aromatic carbocycles. The van der Waals surface area contributed by atoms with E-state index in [0.717, 1.165) is 44.9 Å². The summed E-state index contributed by atoms with van der Waals surface area (Å²) < 4.78 is 0. The standard InChI is InChI=1S/C39H58N4O6/c1-7-11-27(35(47)33(46)20-25-14-15-25)21-32(45)34-28(24(2)3)16-19-43(34)38(49)36(39(4,5)6)42-37(48)29(26-12-9-8-10-13-26)22-31(44)30-23-40-17-18-41-30/h17-18,23-29,34,36H,7-16,19-22H2,1-6H3,(H,42,48)/t27-,28-,29+,34+,36-/m1/s1. The van der Waals surface area contributed by atoms with Crippen molar-refractivity contribution in [2.75, 3.05) is 6.54 Å². The van der Waals surface area contributed by atoms with Gasteiger partial charge in [0, 0.05) is 50.0 Å². The number of nitrogens with one attached hydrogen (secondary N) is 1. The molecule has 1 N–H and O–H groups in total. The Morgan fingerprint density at radius 3 is 2.20 bits per heavy atom. The molecule has 0 bridgehead atoms. The van der Waals surface area contributed by atoms with Gasteiger partial charge in [0.25, 0.3) is 0 Å². The number of carbonyl (C=O) groups is 6. The largest absolute Gasteiger partial charge is 0.344 e. The summed E-state index contributed by atoms with van der Waals surface area (Å²) in [5.41, 5.74) is -0.482. The van der Waals surface area contributed by atoms with Crippen LogP contribution in [0.15, 0.2) is 18.6 Å². The quantitative estimate of drug-likeness (QED) is 0.157. The minimum atomic E-state index is -0.938. The molecule has 4 rings (SSSR count). The number of amides is 2. The summed E-state index contributed by atoms with van der Waals surface area (Å²) in [7, 11) is 0. The van der Waals surface area contributed by atoms with Gasteiger partial charge in [0.15, 0.2) is 17.3 Å². The van der Waals surface area contributed by atoms with Crippen molar-refractivity contribution in [2.24, 2.45) is 40.9 Å². The number of aromatic nitrogens is 2. The fraction of sp³-hybridized carbons (Fsp3) is 0.744. The minimum absolute atomic E-state index is 0.00665. The summed E-state index contributed by atoms with van der Waals surface area (Å²) >= 11 is 0. The maximum atomic E-state index is 14.6. The molecule has 3 fully saturated rings. The third-order valence-corrected chi connectivity index (χ3v) is 11.0. The van der Waals surface area contributed by atoms with Crippen molar-refractivity contribution in [3.63, 3.8) is 0 Å². The van der Waals surface area contributed by atoms with Crippen LogP contribution in [0.1, 0.15) is 136 Å². The van der Waals surface area contributed by atoms with Crippen LogP contribution in [0.3, 0.4) is 0 Å². The molecule has 270 valence electrons. The highest BCUT2D eigenvalue weighted by molar-refractivity contribution is 6.38. The molecule has 10 heteroatoms. The van der Waals surface area contributed by atoms with E-state index >= 15 is 0 Å². The maximum absolute atomic E-state index is 14.6. The predicted octanol–water partition coefficient (Wildman–Crippen LogP) is 5.96. The third kappa shape index (κ3) is 10.1. The second-order valence-electron chi connectivity index (χ2n) is 16.3. The van der Waals surface area contributed by atoms with E-state index in [-0.39, 0.29) is 77.8 Å². The topological polar surface area (TPSA) is 143 Å². The number of hydrogen-bond acceptors (Lipinski definition) is 8. The summed E-state index contributed by atoms with van der Waals surface area (Å²) in [6, 6.07) is -1.68. The Balaban J connectivity index is 1.56. The van der Waals surface area contributed by atoms with Gasteiger partial charge >= 0.3 is 0 Å². The normalized spacial score (nSPS) is 22.0. The van der Waals surface area contributed by atoms with Crippen molar-refractivity contribution in [1.29, 1.82) is 0 Å². The van der Waals surface area contributed by atoms with E-state index in [1.807, 2.05) is 41.5 Å². The molecular weight excluding hydrogens is 620 g/mol. The second kappa shape index (κ2) is 17.1. The highest BCUT2D eigenvalue weighted by Crippen LogP contribution is 2.37. The molecule has 0 unspecified atom stereocenters. The number of Topliss-reactive ketones (excluding diaryl/α,β-unsaturated/α-hetero) is 4. The number of ketones is 4. The third-order valence-electron chi connectivity index (χ3n) is 11.0. The fourth-order valence-electron chi connectivity index (χ4n) is 7.95. The van der Waals surface area contributed by atoms with E-state index in [4.69, 9.17) is 0 Å². The van der Waals surface area contributed by atoms with E-state index < -0.39 is 35.1 Å². The van der Waals surface area contributed by atoms with Gasteiger partial charge < -0.3 is 10.2 Å². The van der Waals surface area contributed by atoms with Crippen molar-refractivity contribution in [1.82, 2.24) is 20.2 Å². The zero-order valence-corrected chi connectivity index (χ0v) is 30.5. The average Bonchev–Trinajstić information content (AvgIpc) is 3.77. The summed E-state index contributed by atoms with van der Waals surface area (Å²) in [5, 5.41) is 3.08. The average molecular weight is 679 g/mol. The van der Waals surface area contributed by atoms with Gasteiger partial charge in [0.1, 0.15) is 11.7 Å². The molecule has 10 nitrogen and oxygen atoms in total. The van der Waals surface area contributed by atoms with Gasteiger partial charge in [-0.2, -0.15) is 0 Å². The molecule has 49 heavy (non-hydrogen) atoms. The number of nitrogens with zero attached hydrogens (tertiary/aromatic N) is 3. The van der Waals surface area contributed by atoms with E-state index in [9.17, 15) is 28.8 Å². The zero-order chi connectivity index (χ0) is 35.9. The molecule has 1 saturated heterocycles. The maximum Gasteiger partial charge on any atom is 0.246 e. The van der Waals surface area contributed by atoms with Gasteiger partial charge in [0.2, 0.25) is 17.6 Å². The number of rotatable bonds is 17. The van der Waals surface area contributed by atoms with Crippen molar-refractivity contribution < 1.29 is 28.8 Å². The first-order valence-corrected chi connectivity index (χ1v) is 18.7. The molecule has 1 aromatic heterocycles. The Labute approximate surface area is 292 Å². The highest BCUT2D eigenvalue weighted by Gasteiger charge is 2.48. The van der Waals surface area contributed by atoms with Crippen LogP contribution in [0.2, 0.25) is 0 Å². The molecule has 2 saturated carbocycles. The van der Waals surface area contributed by atoms with E-state index in [1.165, 1.54) is 18.6 Å². The van der Waals surface area contributed by atoms with Gasteiger partial charge in [-0.3, -0.25) is 33.8 Å². The summed E-state index contributed by atoms with van der Waals surface area (Å²) in [4.78, 5) is 92.1. The summed E-state index contributed by atoms with van der Waals surface area (Å²) in [5.74, 6) is -2.95. The Bertz CT molecular complexity index is 1340. The van der Waals surface area contributed by atoms with Crippen molar-refractivity contribution >= 4 is 34.9 Å².